The number of ether oxygens (including phenoxy) is 2. The summed E-state index contributed by atoms with van der Waals surface area (Å²) in [6, 6.07) is 16.5. The first-order valence-corrected chi connectivity index (χ1v) is 12.5. The van der Waals surface area contributed by atoms with Crippen molar-refractivity contribution in [2.24, 2.45) is 11.8 Å². The molecule has 2 N–H and O–H groups in total. The van der Waals surface area contributed by atoms with Crippen molar-refractivity contribution in [3.63, 3.8) is 0 Å². The summed E-state index contributed by atoms with van der Waals surface area (Å²) in [5.74, 6) is -4.20. The smallest absolute Gasteiger partial charge is 0.325 e. The lowest BCUT2D eigenvalue weighted by atomic mass is 9.76. The molecule has 206 valence electrons. The predicted octanol–water partition coefficient (Wildman–Crippen LogP) is 3.44. The fourth-order valence-electron chi connectivity index (χ4n) is 6.05. The number of nitro benzene ring substituents is 1. The third-order valence-electron chi connectivity index (χ3n) is 7.81. The number of nitro groups is 1. The van der Waals surface area contributed by atoms with Crippen LogP contribution in [0, 0.1) is 28.9 Å². The van der Waals surface area contributed by atoms with Gasteiger partial charge in [0.15, 0.2) is 0 Å². The molecule has 11 heteroatoms. The van der Waals surface area contributed by atoms with E-state index < -0.39 is 46.1 Å². The Labute approximate surface area is 229 Å². The number of amides is 2. The minimum Gasteiger partial charge on any atom is -0.496 e. The molecule has 4 unspecified atom stereocenters. The van der Waals surface area contributed by atoms with Gasteiger partial charge in [-0.25, -0.2) is 4.90 Å². The Kier molecular flexibility index (Phi) is 6.76. The Balaban J connectivity index is 1.71. The van der Waals surface area contributed by atoms with Crippen LogP contribution in [0.2, 0.25) is 0 Å². The van der Waals surface area contributed by atoms with Gasteiger partial charge < -0.3 is 14.6 Å². The molecule has 0 radical (unpaired) electrons. The van der Waals surface area contributed by atoms with E-state index in [1.165, 1.54) is 32.4 Å². The molecule has 0 spiro atoms. The van der Waals surface area contributed by atoms with Gasteiger partial charge in [0.25, 0.3) is 5.69 Å². The molecule has 3 aromatic rings. The third kappa shape index (κ3) is 4.06. The molecule has 2 heterocycles. The topological polar surface area (TPSA) is 148 Å². The van der Waals surface area contributed by atoms with E-state index in [1.807, 2.05) is 0 Å². The minimum absolute atomic E-state index is 0.00854. The second kappa shape index (κ2) is 10.1. The summed E-state index contributed by atoms with van der Waals surface area (Å²) >= 11 is 0. The van der Waals surface area contributed by atoms with Gasteiger partial charge in [-0.15, -0.1) is 0 Å². The van der Waals surface area contributed by atoms with Crippen molar-refractivity contribution in [1.29, 1.82) is 0 Å². The molecule has 0 aromatic heterocycles. The summed E-state index contributed by atoms with van der Waals surface area (Å²) < 4.78 is 11.1. The Morgan fingerprint density at radius 1 is 1.05 bits per heavy atom. The molecule has 11 nitrogen and oxygen atoms in total. The van der Waals surface area contributed by atoms with Crippen LogP contribution in [0.4, 0.5) is 11.4 Å². The minimum atomic E-state index is -1.86. The largest absolute Gasteiger partial charge is 0.496 e. The summed E-state index contributed by atoms with van der Waals surface area (Å²) in [4.78, 5) is 52.9. The van der Waals surface area contributed by atoms with Gasteiger partial charge in [-0.2, -0.15) is 0 Å². The Morgan fingerprint density at radius 2 is 1.77 bits per heavy atom. The molecule has 0 saturated carbocycles. The van der Waals surface area contributed by atoms with Crippen molar-refractivity contribution >= 4 is 29.2 Å². The van der Waals surface area contributed by atoms with E-state index in [4.69, 9.17) is 9.47 Å². The average Bonchev–Trinajstić information content (AvgIpc) is 3.42. The van der Waals surface area contributed by atoms with Crippen molar-refractivity contribution in [1.82, 2.24) is 5.32 Å². The van der Waals surface area contributed by atoms with Crippen molar-refractivity contribution in [3.05, 3.63) is 93.5 Å². The number of nitrogens with zero attached hydrogens (tertiary/aromatic N) is 2. The van der Waals surface area contributed by atoms with Crippen LogP contribution in [0.3, 0.4) is 0 Å². The normalized spacial score (nSPS) is 23.7. The first-order chi connectivity index (χ1) is 19.1. The molecule has 0 aliphatic carbocycles. The highest BCUT2D eigenvalue weighted by Gasteiger charge is 2.69. The first-order valence-electron chi connectivity index (χ1n) is 12.5. The highest BCUT2D eigenvalue weighted by Crippen LogP contribution is 2.53. The van der Waals surface area contributed by atoms with Gasteiger partial charge in [-0.3, -0.25) is 29.8 Å². The van der Waals surface area contributed by atoms with E-state index in [9.17, 15) is 29.6 Å². The average molecular weight is 546 g/mol. The summed E-state index contributed by atoms with van der Waals surface area (Å²) in [6.07, 6.45) is -0.0832. The number of rotatable bonds is 8. The van der Waals surface area contributed by atoms with E-state index in [1.54, 1.807) is 49.4 Å². The van der Waals surface area contributed by atoms with E-state index in [2.05, 4.69) is 5.32 Å². The summed E-state index contributed by atoms with van der Waals surface area (Å²) in [6.45, 7) is 1.78. The Morgan fingerprint density at radius 3 is 2.40 bits per heavy atom. The van der Waals surface area contributed by atoms with Crippen LogP contribution in [0.1, 0.15) is 22.7 Å². The number of anilines is 1. The number of aliphatic carboxylic acids is 1. The van der Waals surface area contributed by atoms with E-state index >= 15 is 0 Å². The number of non-ortho nitro benzene ring substituents is 1. The molecular weight excluding hydrogens is 518 g/mol. The Hall–Kier alpha value is -4.77. The molecule has 40 heavy (non-hydrogen) atoms. The van der Waals surface area contributed by atoms with Crippen molar-refractivity contribution in [2.75, 3.05) is 19.1 Å². The summed E-state index contributed by atoms with van der Waals surface area (Å²) in [7, 11) is 2.97. The quantitative estimate of drug-likeness (QED) is 0.247. The van der Waals surface area contributed by atoms with Gasteiger partial charge >= 0.3 is 5.97 Å². The molecule has 4 atom stereocenters. The van der Waals surface area contributed by atoms with E-state index in [0.717, 1.165) is 11.0 Å². The number of nitrogens with one attached hydrogen (secondary N) is 1. The van der Waals surface area contributed by atoms with Crippen LogP contribution < -0.4 is 19.7 Å². The van der Waals surface area contributed by atoms with Gasteiger partial charge in [0, 0.05) is 35.7 Å². The maximum absolute atomic E-state index is 14.1. The Bertz CT molecular complexity index is 1520. The van der Waals surface area contributed by atoms with Crippen LogP contribution >= 0.6 is 0 Å². The standard InChI is InChI=1S/C29H27N3O8/c1-16-21(39-2)13-12-20(25(16)40-3)24-22-23(29(30-24,28(35)36)15-17-8-5-4-6-9-17)27(34)31(26(22)33)18-10-7-11-19(14-18)32(37)38/h4-14,22-24,30H,15H2,1-3H3,(H,35,36). The van der Waals surface area contributed by atoms with Crippen LogP contribution in [-0.2, 0) is 20.8 Å². The maximum Gasteiger partial charge on any atom is 0.325 e. The molecule has 0 bridgehead atoms. The number of fused-ring (bicyclic) bond motifs is 1. The number of carbonyl (C=O) groups excluding carboxylic acids is 2. The van der Waals surface area contributed by atoms with E-state index in [-0.39, 0.29) is 17.8 Å². The second-order valence-corrected chi connectivity index (χ2v) is 9.87. The highest BCUT2D eigenvalue weighted by atomic mass is 16.6. The lowest BCUT2D eigenvalue weighted by Gasteiger charge is -2.31. The number of carboxylic acid groups (broad SMARTS) is 1. The lowest BCUT2D eigenvalue weighted by Crippen LogP contribution is -2.57. The summed E-state index contributed by atoms with van der Waals surface area (Å²) in [5, 5.41) is 25.3. The number of hydrogen-bond donors (Lipinski definition) is 2. The van der Waals surface area contributed by atoms with Crippen molar-refractivity contribution in [3.8, 4) is 11.5 Å². The molecule has 5 rings (SSSR count). The zero-order chi connectivity index (χ0) is 28.8. The molecule has 2 aliphatic heterocycles. The van der Waals surface area contributed by atoms with Gasteiger partial charge in [0.05, 0.1) is 36.7 Å². The zero-order valence-corrected chi connectivity index (χ0v) is 22.0. The lowest BCUT2D eigenvalue weighted by molar-refractivity contribution is -0.384. The van der Waals surface area contributed by atoms with Gasteiger partial charge in [0.2, 0.25) is 11.8 Å². The molecule has 2 fully saturated rings. The predicted molar refractivity (Wildman–Crippen MR) is 143 cm³/mol. The number of methoxy groups -OCH3 is 2. The van der Waals surface area contributed by atoms with Crippen molar-refractivity contribution < 1.29 is 33.9 Å². The fourth-order valence-corrected chi connectivity index (χ4v) is 6.05. The highest BCUT2D eigenvalue weighted by molar-refractivity contribution is 6.24. The van der Waals surface area contributed by atoms with Crippen LogP contribution in [-0.4, -0.2) is 47.6 Å². The number of carboxylic acids is 1. The van der Waals surface area contributed by atoms with Crippen LogP contribution in [0.15, 0.2) is 66.7 Å². The molecular formula is C29H27N3O8. The van der Waals surface area contributed by atoms with Gasteiger partial charge in [-0.05, 0) is 24.6 Å². The number of imide groups is 1. The number of benzene rings is 3. The molecule has 2 aliphatic rings. The van der Waals surface area contributed by atoms with Crippen LogP contribution in [0.25, 0.3) is 0 Å². The molecule has 2 amide bonds. The zero-order valence-electron chi connectivity index (χ0n) is 22.0. The van der Waals surface area contributed by atoms with Gasteiger partial charge in [-0.1, -0.05) is 42.5 Å². The molecule has 3 aromatic carbocycles. The van der Waals surface area contributed by atoms with Crippen molar-refractivity contribution in [2.45, 2.75) is 24.9 Å². The van der Waals surface area contributed by atoms with E-state index in [0.29, 0.717) is 28.2 Å². The SMILES string of the molecule is COc1ccc(C2NC(Cc3ccccc3)(C(=O)O)C3C(=O)N(c4cccc([N+](=O)[O-])c4)C(=O)C23)c(OC)c1C. The first kappa shape index (κ1) is 26.8. The third-order valence-corrected chi connectivity index (χ3v) is 7.81. The van der Waals surface area contributed by atoms with Crippen LogP contribution in [0.5, 0.6) is 11.5 Å². The summed E-state index contributed by atoms with van der Waals surface area (Å²) in [5.41, 5.74) is -0.361. The maximum atomic E-state index is 14.1. The molecule has 2 saturated heterocycles. The monoisotopic (exact) mass is 545 g/mol. The fraction of sp³-hybridized carbons (Fsp3) is 0.276. The van der Waals surface area contributed by atoms with Gasteiger partial charge in [0.1, 0.15) is 17.0 Å². The number of carbonyl (C=O) groups is 3. The second-order valence-electron chi connectivity index (χ2n) is 9.87. The number of hydrogen-bond acceptors (Lipinski definition) is 8.